The second-order valence-electron chi connectivity index (χ2n) is 7.12. The van der Waals surface area contributed by atoms with Gasteiger partial charge in [-0.1, -0.05) is 36.4 Å². The Hall–Kier alpha value is -4.19. The molecule has 0 aliphatic carbocycles. The van der Waals surface area contributed by atoms with Crippen LogP contribution in [0.5, 0.6) is 0 Å². The molecule has 5 rings (SSSR count). The van der Waals surface area contributed by atoms with Crippen LogP contribution < -0.4 is 10.9 Å². The molecule has 0 aliphatic rings. The lowest BCUT2D eigenvalue weighted by molar-refractivity contribution is 0.102. The van der Waals surface area contributed by atoms with Crippen LogP contribution >= 0.6 is 0 Å². The Kier molecular flexibility index (Phi) is 4.17. The van der Waals surface area contributed by atoms with E-state index < -0.39 is 11.5 Å². The van der Waals surface area contributed by atoms with Gasteiger partial charge in [-0.15, -0.1) is 0 Å². The number of hydrogen-bond acceptors (Lipinski definition) is 4. The number of aromatic nitrogens is 2. The lowest BCUT2D eigenvalue weighted by atomic mass is 10.1. The molecule has 0 fully saturated rings. The standard InChI is InChI=1S/C24H17N3O3/c1-15-9-10-22-26-20(14-27(22)13-15)16-6-4-7-18(11-16)25-23(28)19-12-17-5-2-3-8-21(17)30-24(19)29/h2-14H,1H3,(H,25,28). The quantitative estimate of drug-likeness (QED) is 0.451. The highest BCUT2D eigenvalue weighted by Gasteiger charge is 2.14. The van der Waals surface area contributed by atoms with Crippen LogP contribution in [0.1, 0.15) is 15.9 Å². The predicted molar refractivity (Wildman–Crippen MR) is 116 cm³/mol. The van der Waals surface area contributed by atoms with Crippen LogP contribution in [0.25, 0.3) is 27.9 Å². The number of imidazole rings is 1. The van der Waals surface area contributed by atoms with Crippen molar-refractivity contribution in [2.24, 2.45) is 0 Å². The summed E-state index contributed by atoms with van der Waals surface area (Å²) in [4.78, 5) is 29.6. The zero-order valence-electron chi connectivity index (χ0n) is 16.1. The van der Waals surface area contributed by atoms with Crippen molar-refractivity contribution < 1.29 is 9.21 Å². The van der Waals surface area contributed by atoms with Gasteiger partial charge in [0.2, 0.25) is 0 Å². The summed E-state index contributed by atoms with van der Waals surface area (Å²) in [6.45, 7) is 2.03. The van der Waals surface area contributed by atoms with Gasteiger partial charge in [-0.2, -0.15) is 0 Å². The maximum atomic E-state index is 12.7. The Balaban J connectivity index is 1.46. The maximum Gasteiger partial charge on any atom is 0.349 e. The van der Waals surface area contributed by atoms with Gasteiger partial charge in [0.15, 0.2) is 0 Å². The number of pyridine rings is 1. The van der Waals surface area contributed by atoms with Crippen LogP contribution in [0.2, 0.25) is 0 Å². The minimum Gasteiger partial charge on any atom is -0.422 e. The van der Waals surface area contributed by atoms with Gasteiger partial charge in [-0.3, -0.25) is 4.79 Å². The van der Waals surface area contributed by atoms with Gasteiger partial charge >= 0.3 is 5.63 Å². The third-order valence-corrected chi connectivity index (χ3v) is 4.90. The minimum absolute atomic E-state index is 0.0395. The molecule has 0 aliphatic heterocycles. The van der Waals surface area contributed by atoms with Crippen molar-refractivity contribution in [2.75, 3.05) is 5.32 Å². The minimum atomic E-state index is -0.668. The maximum absolute atomic E-state index is 12.7. The molecule has 0 atom stereocenters. The Morgan fingerprint density at radius 1 is 1.00 bits per heavy atom. The molecule has 1 N–H and O–H groups in total. The van der Waals surface area contributed by atoms with E-state index in [9.17, 15) is 9.59 Å². The third kappa shape index (κ3) is 3.24. The van der Waals surface area contributed by atoms with Crippen molar-refractivity contribution in [3.05, 3.63) is 101 Å². The highest BCUT2D eigenvalue weighted by molar-refractivity contribution is 6.05. The Morgan fingerprint density at radius 2 is 1.87 bits per heavy atom. The summed E-state index contributed by atoms with van der Waals surface area (Å²) in [6, 6.07) is 20.0. The summed E-state index contributed by atoms with van der Waals surface area (Å²) in [7, 11) is 0. The number of nitrogens with one attached hydrogen (secondary N) is 1. The van der Waals surface area contributed by atoms with Crippen LogP contribution in [-0.4, -0.2) is 15.3 Å². The zero-order chi connectivity index (χ0) is 20.7. The molecule has 0 saturated carbocycles. The summed E-state index contributed by atoms with van der Waals surface area (Å²) in [5.74, 6) is -0.516. The van der Waals surface area contributed by atoms with Gasteiger partial charge in [0.1, 0.15) is 16.8 Å². The van der Waals surface area contributed by atoms with Gasteiger partial charge in [-0.25, -0.2) is 9.78 Å². The fourth-order valence-corrected chi connectivity index (χ4v) is 3.42. The number of amides is 1. The average Bonchev–Trinajstić information content (AvgIpc) is 3.16. The van der Waals surface area contributed by atoms with E-state index >= 15 is 0 Å². The van der Waals surface area contributed by atoms with Crippen molar-refractivity contribution in [1.29, 1.82) is 0 Å². The normalized spacial score (nSPS) is 11.1. The van der Waals surface area contributed by atoms with E-state index in [-0.39, 0.29) is 5.56 Å². The van der Waals surface area contributed by atoms with Gasteiger partial charge < -0.3 is 14.1 Å². The third-order valence-electron chi connectivity index (χ3n) is 4.90. The van der Waals surface area contributed by atoms with Crippen molar-refractivity contribution in [3.63, 3.8) is 0 Å². The van der Waals surface area contributed by atoms with Crippen LogP contribution in [0.3, 0.4) is 0 Å². The Bertz CT molecular complexity index is 1480. The molecule has 5 aromatic rings. The van der Waals surface area contributed by atoms with Crippen molar-refractivity contribution in [1.82, 2.24) is 9.38 Å². The number of carbonyl (C=O) groups excluding carboxylic acids is 1. The molecule has 3 heterocycles. The number of para-hydroxylation sites is 1. The van der Waals surface area contributed by atoms with Gasteiger partial charge in [0.25, 0.3) is 5.91 Å². The van der Waals surface area contributed by atoms with Crippen LogP contribution in [0.4, 0.5) is 5.69 Å². The largest absolute Gasteiger partial charge is 0.422 e. The first-order valence-corrected chi connectivity index (χ1v) is 9.47. The van der Waals surface area contributed by atoms with Crippen LogP contribution in [0, 0.1) is 6.92 Å². The van der Waals surface area contributed by atoms with E-state index in [4.69, 9.17) is 4.42 Å². The van der Waals surface area contributed by atoms with E-state index in [1.165, 1.54) is 0 Å². The molecular weight excluding hydrogens is 378 g/mol. The van der Waals surface area contributed by atoms with E-state index in [1.807, 2.05) is 60.1 Å². The van der Waals surface area contributed by atoms with Crippen molar-refractivity contribution in [3.8, 4) is 11.3 Å². The van der Waals surface area contributed by atoms with E-state index in [1.54, 1.807) is 30.3 Å². The molecule has 2 aromatic carbocycles. The summed E-state index contributed by atoms with van der Waals surface area (Å²) in [6.07, 6.45) is 3.96. The first kappa shape index (κ1) is 17.9. The van der Waals surface area contributed by atoms with E-state index in [2.05, 4.69) is 10.3 Å². The molecule has 0 radical (unpaired) electrons. The number of benzene rings is 2. The molecule has 0 unspecified atom stereocenters. The Morgan fingerprint density at radius 3 is 2.77 bits per heavy atom. The lowest BCUT2D eigenvalue weighted by Gasteiger charge is -2.06. The smallest absolute Gasteiger partial charge is 0.349 e. The number of aryl methyl sites for hydroxylation is 1. The van der Waals surface area contributed by atoms with Crippen molar-refractivity contribution in [2.45, 2.75) is 6.92 Å². The number of fused-ring (bicyclic) bond motifs is 2. The summed E-state index contributed by atoms with van der Waals surface area (Å²) in [5, 5.41) is 3.47. The summed E-state index contributed by atoms with van der Waals surface area (Å²) in [5.41, 5.74) is 3.95. The highest BCUT2D eigenvalue weighted by atomic mass is 16.4. The van der Waals surface area contributed by atoms with Crippen LogP contribution in [0.15, 0.2) is 88.3 Å². The first-order valence-electron chi connectivity index (χ1n) is 9.47. The summed E-state index contributed by atoms with van der Waals surface area (Å²) >= 11 is 0. The van der Waals surface area contributed by atoms with Gasteiger partial charge in [-0.05, 0) is 42.8 Å². The van der Waals surface area contributed by atoms with E-state index in [0.29, 0.717) is 16.7 Å². The van der Waals surface area contributed by atoms with Crippen molar-refractivity contribution >= 4 is 28.2 Å². The van der Waals surface area contributed by atoms with Gasteiger partial charge in [0.05, 0.1) is 5.69 Å². The molecule has 6 nitrogen and oxygen atoms in total. The fraction of sp³-hybridized carbons (Fsp3) is 0.0417. The molecule has 1 amide bonds. The predicted octanol–water partition coefficient (Wildman–Crippen LogP) is 4.67. The topological polar surface area (TPSA) is 76.6 Å². The SMILES string of the molecule is Cc1ccc2nc(-c3cccc(NC(=O)c4cc5ccccc5oc4=O)c3)cn2c1. The zero-order valence-corrected chi connectivity index (χ0v) is 16.1. The number of nitrogens with zero attached hydrogens (tertiary/aromatic N) is 2. The summed E-state index contributed by atoms with van der Waals surface area (Å²) < 4.78 is 7.23. The fourth-order valence-electron chi connectivity index (χ4n) is 3.42. The number of carbonyl (C=O) groups is 1. The number of anilines is 1. The highest BCUT2D eigenvalue weighted by Crippen LogP contribution is 2.23. The number of rotatable bonds is 3. The van der Waals surface area contributed by atoms with Crippen LogP contribution in [-0.2, 0) is 0 Å². The Labute approximate surface area is 171 Å². The molecule has 3 aromatic heterocycles. The number of hydrogen-bond donors (Lipinski definition) is 1. The second kappa shape index (κ2) is 7.00. The molecule has 0 bridgehead atoms. The lowest BCUT2D eigenvalue weighted by Crippen LogP contribution is -2.20. The molecule has 0 saturated heterocycles. The molecule has 30 heavy (non-hydrogen) atoms. The molecular formula is C24H17N3O3. The average molecular weight is 395 g/mol. The van der Waals surface area contributed by atoms with E-state index in [0.717, 1.165) is 22.5 Å². The molecule has 0 spiro atoms. The van der Waals surface area contributed by atoms with Gasteiger partial charge in [0, 0.05) is 29.0 Å². The second-order valence-corrected chi connectivity index (χ2v) is 7.12. The molecule has 146 valence electrons. The first-order chi connectivity index (χ1) is 14.6. The monoisotopic (exact) mass is 395 g/mol. The molecule has 6 heteroatoms.